The number of ether oxygens (including phenoxy) is 7. The molecule has 0 radical (unpaired) electrons. The molecule has 1 N–H and O–H groups in total. The second-order valence-corrected chi connectivity index (χ2v) is 34.4. The number of aliphatic carboxylic acids is 1. The van der Waals surface area contributed by atoms with Crippen LogP contribution >= 0.6 is 0 Å². The van der Waals surface area contributed by atoms with E-state index in [0.717, 1.165) is 154 Å². The van der Waals surface area contributed by atoms with Crippen molar-refractivity contribution in [2.45, 2.75) is 88.8 Å². The van der Waals surface area contributed by atoms with Crippen LogP contribution in [0.2, 0.25) is 0 Å². The number of fused-ring (bicyclic) bond motifs is 4. The topological polar surface area (TPSA) is 144 Å². The summed E-state index contributed by atoms with van der Waals surface area (Å²) in [7, 11) is 23.7. The highest BCUT2D eigenvalue weighted by Crippen LogP contribution is 2.41. The highest BCUT2D eigenvalue weighted by atomic mass is 16.5. The van der Waals surface area contributed by atoms with Gasteiger partial charge in [0, 0.05) is 200 Å². The minimum absolute atomic E-state index is 0.312. The van der Waals surface area contributed by atoms with Crippen molar-refractivity contribution in [1.82, 2.24) is 63.7 Å². The van der Waals surface area contributed by atoms with Crippen LogP contribution in [0.25, 0.3) is 0 Å². The van der Waals surface area contributed by atoms with Gasteiger partial charge in [0.05, 0.1) is 71.7 Å². The van der Waals surface area contributed by atoms with Crippen molar-refractivity contribution in [1.29, 1.82) is 0 Å². The van der Waals surface area contributed by atoms with Gasteiger partial charge in [0.2, 0.25) is 0 Å². The molecule has 17 rings (SSSR count). The van der Waals surface area contributed by atoms with Gasteiger partial charge in [0.15, 0.2) is 0 Å². The molecule has 5 atom stereocenters. The number of morpholine rings is 1. The molecule has 4 spiro atoms. The Bertz CT molecular complexity index is 2110. The highest BCUT2D eigenvalue weighted by molar-refractivity contribution is 5.77. The van der Waals surface area contributed by atoms with Gasteiger partial charge in [0.25, 0.3) is 0 Å². The normalized spacial score (nSPS) is 33.7. The molecule has 17 aliphatic rings. The van der Waals surface area contributed by atoms with E-state index >= 15 is 0 Å². The molecular formula is C74H143N13O9. The first-order chi connectivity index (χ1) is 45.9. The van der Waals surface area contributed by atoms with Crippen LogP contribution in [0.15, 0.2) is 0 Å². The van der Waals surface area contributed by atoms with Gasteiger partial charge < -0.3 is 92.2 Å². The molecule has 0 amide bonds. The maximum Gasteiger partial charge on any atom is 0.323 e. The Balaban J connectivity index is 0.000000127. The van der Waals surface area contributed by atoms with Crippen molar-refractivity contribution >= 4 is 5.97 Å². The number of hydrogen-bond acceptors (Lipinski definition) is 21. The van der Waals surface area contributed by atoms with Gasteiger partial charge in [0.1, 0.15) is 5.54 Å². The van der Waals surface area contributed by atoms with Crippen molar-refractivity contribution in [2.75, 3.05) is 334 Å². The third-order valence-electron chi connectivity index (χ3n) is 25.3. The van der Waals surface area contributed by atoms with Gasteiger partial charge in [-0.1, -0.05) is 0 Å². The summed E-state index contributed by atoms with van der Waals surface area (Å²) in [6.07, 6.45) is 11.8. The first kappa shape index (κ1) is 78.8. The standard InChI is InChI=1S/C10H20N2O.C9H18N2O2.2C9H17NO.C8H16N2O.C8H16N2.C8H15NO.C7H13NO.C6H11NO/c1-11-5-9-7-12(3-4-13-2)8-10(9)6-11;1-9(2,8(12)13)11-6-4-10(3)5-7-11;1-10-5-2-9(3-6-10)4-7-11-8-9;1-10-6-4-9(5-7-10)3-2-8-11-9;1-9-2-3-10-4-5-11-7-8(10)6-9;1-9-3-7-5-10(2)6-8(7)4-9;1-9-4-2-8(3-5-9)6-10-7-8;1-8-2-6-4-9-5-7(6)3-8;1-7-2-6(3-7)4-8-5-6/h9-10H,3-8H2,1-2H3;4-7H2,1-3H3,(H,12,13);2*2-8H2,1H3;8H,2-7H2,1H3;7-8H,3-6H2,1-2H3;2-7H2,1H3;6-7H,2-5H2,1H3;2-5H2,1H3/t9-,10+;;;;;;;6-,7+;. The lowest BCUT2D eigenvalue weighted by atomic mass is 9.77. The van der Waals surface area contributed by atoms with Crippen LogP contribution in [-0.4, -0.2) is 426 Å². The van der Waals surface area contributed by atoms with Crippen LogP contribution in [0, 0.1) is 51.8 Å². The summed E-state index contributed by atoms with van der Waals surface area (Å²) < 4.78 is 37.4. The highest BCUT2D eigenvalue weighted by Gasteiger charge is 2.48. The average molecular weight is 1360 g/mol. The number of nitrogens with zero attached hydrogens (tertiary/aromatic N) is 13. The van der Waals surface area contributed by atoms with Crippen LogP contribution in [0.1, 0.15) is 71.6 Å². The molecule has 17 heterocycles. The molecule has 22 heteroatoms. The van der Waals surface area contributed by atoms with Gasteiger partial charge in [-0.05, 0) is 197 Å². The number of rotatable bonds is 5. The van der Waals surface area contributed by atoms with Gasteiger partial charge in [-0.15, -0.1) is 0 Å². The quantitative estimate of drug-likeness (QED) is 0.430. The maximum atomic E-state index is 10.9. The fourth-order valence-corrected chi connectivity index (χ4v) is 18.3. The summed E-state index contributed by atoms with van der Waals surface area (Å²) in [5.74, 6) is 4.80. The van der Waals surface area contributed by atoms with Crippen LogP contribution in [-0.2, 0) is 38.0 Å². The van der Waals surface area contributed by atoms with Gasteiger partial charge in [-0.25, -0.2) is 0 Å². The molecule has 17 saturated heterocycles. The summed E-state index contributed by atoms with van der Waals surface area (Å²) in [6, 6.07) is 0.669. The molecule has 0 saturated carbocycles. The van der Waals surface area contributed by atoms with Crippen LogP contribution in [0.3, 0.4) is 0 Å². The Hall–Kier alpha value is -1.33. The van der Waals surface area contributed by atoms with Gasteiger partial charge >= 0.3 is 5.97 Å². The predicted octanol–water partition coefficient (Wildman–Crippen LogP) is 3.22. The number of piperazine rings is 2. The van der Waals surface area contributed by atoms with Crippen LogP contribution < -0.4 is 0 Å². The van der Waals surface area contributed by atoms with E-state index in [0.29, 0.717) is 27.9 Å². The first-order valence-electron chi connectivity index (χ1n) is 38.3. The molecule has 0 bridgehead atoms. The third kappa shape index (κ3) is 23.3. The first-order valence-corrected chi connectivity index (χ1v) is 38.3. The molecule has 558 valence electrons. The molecular weight excluding hydrogens is 1210 g/mol. The summed E-state index contributed by atoms with van der Waals surface area (Å²) >= 11 is 0. The van der Waals surface area contributed by atoms with E-state index < -0.39 is 11.5 Å². The van der Waals surface area contributed by atoms with Crippen molar-refractivity contribution in [2.24, 2.45) is 51.8 Å². The predicted molar refractivity (Wildman–Crippen MR) is 385 cm³/mol. The summed E-state index contributed by atoms with van der Waals surface area (Å²) in [5, 5.41) is 9.00. The van der Waals surface area contributed by atoms with Crippen LogP contribution in [0.5, 0.6) is 0 Å². The smallest absolute Gasteiger partial charge is 0.323 e. The number of likely N-dealkylation sites (tertiary alicyclic amines) is 9. The Morgan fingerprint density at radius 2 is 0.875 bits per heavy atom. The van der Waals surface area contributed by atoms with Crippen molar-refractivity contribution in [3.8, 4) is 0 Å². The lowest BCUT2D eigenvalue weighted by Gasteiger charge is -2.53. The van der Waals surface area contributed by atoms with Gasteiger partial charge in [-0.3, -0.25) is 14.6 Å². The van der Waals surface area contributed by atoms with Crippen molar-refractivity contribution in [3.05, 3.63) is 0 Å². The number of hydrogen-bond donors (Lipinski definition) is 1. The zero-order chi connectivity index (χ0) is 68.5. The Labute approximate surface area is 584 Å². The van der Waals surface area contributed by atoms with Gasteiger partial charge in [-0.2, -0.15) is 0 Å². The fourth-order valence-electron chi connectivity index (χ4n) is 18.3. The van der Waals surface area contributed by atoms with Crippen molar-refractivity contribution in [3.63, 3.8) is 0 Å². The molecule has 22 nitrogen and oxygen atoms in total. The molecule has 0 aromatic rings. The number of carboxylic acids is 1. The van der Waals surface area contributed by atoms with E-state index in [-0.39, 0.29) is 0 Å². The molecule has 17 aliphatic heterocycles. The number of piperidine rings is 3. The zero-order valence-corrected chi connectivity index (χ0v) is 63.5. The number of carbonyl (C=O) groups is 1. The monoisotopic (exact) mass is 1360 g/mol. The maximum absolute atomic E-state index is 10.9. The largest absolute Gasteiger partial charge is 0.480 e. The molecule has 1 unspecified atom stereocenters. The molecule has 0 aliphatic carbocycles. The molecule has 17 fully saturated rings. The summed E-state index contributed by atoms with van der Waals surface area (Å²) in [6.45, 7) is 47.9. The van der Waals surface area contributed by atoms with E-state index in [1.54, 1.807) is 21.0 Å². The third-order valence-corrected chi connectivity index (χ3v) is 25.3. The zero-order valence-electron chi connectivity index (χ0n) is 63.5. The minimum Gasteiger partial charge on any atom is -0.480 e. The number of likely N-dealkylation sites (N-methyl/N-ethyl adjacent to an activating group) is 2. The summed E-state index contributed by atoms with van der Waals surface area (Å²) in [4.78, 5) is 42.0. The Morgan fingerprint density at radius 1 is 0.417 bits per heavy atom. The number of methoxy groups -OCH3 is 1. The number of carboxylic acid groups (broad SMARTS) is 1. The SMILES string of the molecule is CN1CC2(COC2)C1.CN1CC2CN(C)CC2C1.CN1CCC2(CC1)COC2.CN1CCC2(CCCO2)CC1.CN1CCC2(CCOC2)CC1.CN1CCN(C(C)(C)C(=O)O)CC1.CN1CCN2CCOCC2C1.CN1C[C@H]2COC[C@H]2C1.COCCN1C[C@H]2CN(C)C[C@H]2C1. The Morgan fingerprint density at radius 3 is 1.30 bits per heavy atom. The van der Waals surface area contributed by atoms with E-state index in [4.69, 9.17) is 38.3 Å². The van der Waals surface area contributed by atoms with Crippen LogP contribution in [0.4, 0.5) is 0 Å². The van der Waals surface area contributed by atoms with E-state index in [9.17, 15) is 4.79 Å². The average Bonchev–Trinajstić information content (AvgIpc) is 1.35. The van der Waals surface area contributed by atoms with E-state index in [1.807, 2.05) is 4.90 Å². The molecule has 0 aromatic carbocycles. The second-order valence-electron chi connectivity index (χ2n) is 34.4. The minimum atomic E-state index is -0.739. The fraction of sp³-hybridized carbons (Fsp3) is 0.986. The second kappa shape index (κ2) is 37.4. The van der Waals surface area contributed by atoms with E-state index in [1.165, 1.54) is 195 Å². The van der Waals surface area contributed by atoms with E-state index in [2.05, 4.69) is 129 Å². The summed E-state index contributed by atoms with van der Waals surface area (Å²) in [5.41, 5.74) is 1.42. The lowest BCUT2D eigenvalue weighted by Crippen LogP contribution is -2.64. The molecule has 96 heavy (non-hydrogen) atoms. The molecule has 0 aromatic heterocycles. The Kier molecular flexibility index (Phi) is 30.7. The lowest BCUT2D eigenvalue weighted by molar-refractivity contribution is -0.182. The van der Waals surface area contributed by atoms with Crippen molar-refractivity contribution < 1.29 is 43.1 Å².